The van der Waals surface area contributed by atoms with Gasteiger partial charge in [0.15, 0.2) is 0 Å². The van der Waals surface area contributed by atoms with Crippen molar-refractivity contribution in [1.29, 1.82) is 0 Å². The molecule has 0 aliphatic carbocycles. The van der Waals surface area contributed by atoms with E-state index in [9.17, 15) is 9.59 Å². The summed E-state index contributed by atoms with van der Waals surface area (Å²) in [5.74, 6) is -0.146. The number of hydrogen-bond donors (Lipinski definition) is 2. The van der Waals surface area contributed by atoms with E-state index in [0.717, 1.165) is 25.0 Å². The highest BCUT2D eigenvalue weighted by Crippen LogP contribution is 2.14. The van der Waals surface area contributed by atoms with Crippen molar-refractivity contribution in [2.75, 3.05) is 13.1 Å². The molecule has 0 radical (unpaired) electrons. The number of aromatic amines is 1. The van der Waals surface area contributed by atoms with E-state index in [1.54, 1.807) is 30.6 Å². The number of aryl methyl sites for hydroxylation is 1. The third kappa shape index (κ3) is 3.61. The van der Waals surface area contributed by atoms with Crippen LogP contribution in [-0.4, -0.2) is 51.0 Å². The minimum absolute atomic E-state index is 0.0158. The number of pyridine rings is 1. The molecule has 1 aliphatic rings. The van der Waals surface area contributed by atoms with E-state index in [4.69, 9.17) is 0 Å². The number of piperidine rings is 1. The largest absolute Gasteiger partial charge is 0.348 e. The lowest BCUT2D eigenvalue weighted by atomic mass is 10.0. The van der Waals surface area contributed by atoms with Gasteiger partial charge in [-0.3, -0.25) is 19.7 Å². The van der Waals surface area contributed by atoms with Crippen LogP contribution >= 0.6 is 0 Å². The van der Waals surface area contributed by atoms with E-state index in [1.807, 2.05) is 11.8 Å². The number of nitrogens with one attached hydrogen (secondary N) is 2. The Morgan fingerprint density at radius 2 is 2.00 bits per heavy atom. The van der Waals surface area contributed by atoms with Crippen molar-refractivity contribution in [3.05, 3.63) is 47.5 Å². The van der Waals surface area contributed by atoms with Crippen LogP contribution in [0.4, 0.5) is 0 Å². The lowest BCUT2D eigenvalue weighted by molar-refractivity contribution is 0.0697. The van der Waals surface area contributed by atoms with Crippen LogP contribution in [0.5, 0.6) is 0 Å². The van der Waals surface area contributed by atoms with Gasteiger partial charge < -0.3 is 10.2 Å². The van der Waals surface area contributed by atoms with Crippen molar-refractivity contribution in [3.63, 3.8) is 0 Å². The van der Waals surface area contributed by atoms with Crippen molar-refractivity contribution in [1.82, 2.24) is 25.4 Å². The van der Waals surface area contributed by atoms with Gasteiger partial charge in [-0.05, 0) is 37.5 Å². The first-order valence-electron chi connectivity index (χ1n) is 8.22. The Morgan fingerprint density at radius 1 is 1.29 bits per heavy atom. The maximum Gasteiger partial charge on any atom is 0.271 e. The molecule has 24 heavy (non-hydrogen) atoms. The summed E-state index contributed by atoms with van der Waals surface area (Å²) in [6.07, 6.45) is 5.54. The van der Waals surface area contributed by atoms with Crippen molar-refractivity contribution < 1.29 is 9.59 Å². The van der Waals surface area contributed by atoms with Crippen LogP contribution in [0, 0.1) is 0 Å². The Balaban J connectivity index is 1.52. The van der Waals surface area contributed by atoms with Gasteiger partial charge in [-0.15, -0.1) is 0 Å². The van der Waals surface area contributed by atoms with Gasteiger partial charge in [0.2, 0.25) is 0 Å². The normalized spacial score (nSPS) is 15.3. The van der Waals surface area contributed by atoms with Crippen LogP contribution in [0.15, 0.2) is 30.6 Å². The molecule has 7 heteroatoms. The van der Waals surface area contributed by atoms with Crippen molar-refractivity contribution in [3.8, 4) is 0 Å². The number of likely N-dealkylation sites (tertiary alicyclic amines) is 1. The molecule has 1 fully saturated rings. The minimum Gasteiger partial charge on any atom is -0.348 e. The lowest BCUT2D eigenvalue weighted by Gasteiger charge is -2.32. The maximum atomic E-state index is 12.4. The zero-order chi connectivity index (χ0) is 16.9. The molecule has 2 N–H and O–H groups in total. The maximum absolute atomic E-state index is 12.4. The van der Waals surface area contributed by atoms with E-state index in [0.29, 0.717) is 24.3 Å². The minimum atomic E-state index is -0.162. The fourth-order valence-corrected chi connectivity index (χ4v) is 2.82. The Kier molecular flexibility index (Phi) is 4.88. The quantitative estimate of drug-likeness (QED) is 0.888. The van der Waals surface area contributed by atoms with E-state index >= 15 is 0 Å². The molecule has 3 rings (SSSR count). The van der Waals surface area contributed by atoms with Gasteiger partial charge in [-0.25, -0.2) is 0 Å². The lowest BCUT2D eigenvalue weighted by Crippen LogP contribution is -2.46. The predicted octanol–water partition coefficient (Wildman–Crippen LogP) is 1.40. The molecule has 0 aromatic carbocycles. The second-order valence-electron chi connectivity index (χ2n) is 5.91. The topological polar surface area (TPSA) is 91.0 Å². The smallest absolute Gasteiger partial charge is 0.271 e. The van der Waals surface area contributed by atoms with Crippen LogP contribution < -0.4 is 5.32 Å². The number of nitrogens with zero attached hydrogens (tertiary/aromatic N) is 3. The Hall–Kier alpha value is -2.70. The second-order valence-corrected chi connectivity index (χ2v) is 5.91. The SMILES string of the molecule is CCc1cc(C(=O)NC2CCN(C(=O)c3ccncc3)CC2)n[nH]1. The fourth-order valence-electron chi connectivity index (χ4n) is 2.82. The van der Waals surface area contributed by atoms with E-state index in [-0.39, 0.29) is 17.9 Å². The summed E-state index contributed by atoms with van der Waals surface area (Å²) >= 11 is 0. The molecule has 0 spiro atoms. The molecule has 7 nitrogen and oxygen atoms in total. The molecule has 126 valence electrons. The van der Waals surface area contributed by atoms with Crippen molar-refractivity contribution in [2.24, 2.45) is 0 Å². The zero-order valence-corrected chi connectivity index (χ0v) is 13.7. The van der Waals surface area contributed by atoms with Gasteiger partial charge in [-0.2, -0.15) is 5.10 Å². The molecular formula is C17H21N5O2. The molecule has 2 aromatic rings. The van der Waals surface area contributed by atoms with Crippen LogP contribution in [0.25, 0.3) is 0 Å². The second kappa shape index (κ2) is 7.25. The molecule has 0 atom stereocenters. The van der Waals surface area contributed by atoms with Crippen LogP contribution in [0.3, 0.4) is 0 Å². The number of H-pyrrole nitrogens is 1. The number of amides is 2. The first-order valence-corrected chi connectivity index (χ1v) is 8.22. The van der Waals surface area contributed by atoms with E-state index in [1.165, 1.54) is 0 Å². The third-order valence-corrected chi connectivity index (χ3v) is 4.29. The Morgan fingerprint density at radius 3 is 2.62 bits per heavy atom. The van der Waals surface area contributed by atoms with Gasteiger partial charge in [0.1, 0.15) is 5.69 Å². The van der Waals surface area contributed by atoms with Gasteiger partial charge in [0, 0.05) is 42.8 Å². The van der Waals surface area contributed by atoms with Crippen LogP contribution in [-0.2, 0) is 6.42 Å². The van der Waals surface area contributed by atoms with Crippen LogP contribution in [0.2, 0.25) is 0 Å². The predicted molar refractivity (Wildman–Crippen MR) is 88.6 cm³/mol. The molecular weight excluding hydrogens is 306 g/mol. The van der Waals surface area contributed by atoms with Gasteiger partial charge in [-0.1, -0.05) is 6.92 Å². The highest BCUT2D eigenvalue weighted by molar-refractivity contribution is 5.94. The average Bonchev–Trinajstić information content (AvgIpc) is 3.12. The van der Waals surface area contributed by atoms with E-state index < -0.39 is 0 Å². The number of aromatic nitrogens is 3. The Bertz CT molecular complexity index is 705. The summed E-state index contributed by atoms with van der Waals surface area (Å²) < 4.78 is 0. The number of carbonyl (C=O) groups is 2. The molecule has 1 saturated heterocycles. The molecule has 0 saturated carbocycles. The van der Waals surface area contributed by atoms with Gasteiger partial charge >= 0.3 is 0 Å². The van der Waals surface area contributed by atoms with Gasteiger partial charge in [0.25, 0.3) is 11.8 Å². The highest BCUT2D eigenvalue weighted by Gasteiger charge is 2.25. The van der Waals surface area contributed by atoms with E-state index in [2.05, 4.69) is 20.5 Å². The monoisotopic (exact) mass is 327 g/mol. The first-order chi connectivity index (χ1) is 11.7. The summed E-state index contributed by atoms with van der Waals surface area (Å²) in [6, 6.07) is 5.29. The number of carbonyl (C=O) groups excluding carboxylic acids is 2. The fraction of sp³-hybridized carbons (Fsp3) is 0.412. The molecule has 1 aliphatic heterocycles. The summed E-state index contributed by atoms with van der Waals surface area (Å²) in [4.78, 5) is 30.3. The summed E-state index contributed by atoms with van der Waals surface area (Å²) in [6.45, 7) is 3.27. The summed E-state index contributed by atoms with van der Waals surface area (Å²) in [5, 5.41) is 9.88. The summed E-state index contributed by atoms with van der Waals surface area (Å²) in [5.41, 5.74) is 2.01. The molecule has 3 heterocycles. The van der Waals surface area contributed by atoms with Crippen molar-refractivity contribution >= 4 is 11.8 Å². The molecule has 0 unspecified atom stereocenters. The van der Waals surface area contributed by atoms with Gasteiger partial charge in [0.05, 0.1) is 0 Å². The number of rotatable bonds is 4. The van der Waals surface area contributed by atoms with Crippen molar-refractivity contribution in [2.45, 2.75) is 32.2 Å². The third-order valence-electron chi connectivity index (χ3n) is 4.29. The molecule has 0 bridgehead atoms. The highest BCUT2D eigenvalue weighted by atomic mass is 16.2. The zero-order valence-electron chi connectivity index (χ0n) is 13.7. The summed E-state index contributed by atoms with van der Waals surface area (Å²) in [7, 11) is 0. The molecule has 2 aromatic heterocycles. The first kappa shape index (κ1) is 16.2. The number of hydrogen-bond acceptors (Lipinski definition) is 4. The average molecular weight is 327 g/mol. The molecule has 2 amide bonds. The standard InChI is InChI=1S/C17H21N5O2/c1-2-13-11-15(21-20-13)16(23)19-14-5-9-22(10-6-14)17(24)12-3-7-18-8-4-12/h3-4,7-8,11,14H,2,5-6,9-10H2,1H3,(H,19,23)(H,20,21). The Labute approximate surface area is 140 Å². The van der Waals surface area contributed by atoms with Crippen LogP contribution in [0.1, 0.15) is 46.3 Å².